The maximum Gasteiger partial charge on any atom is 0.188 e. The molecule has 1 aromatic carbocycles. The number of aromatic nitrogens is 2. The zero-order valence-electron chi connectivity index (χ0n) is 11.6. The Hall–Kier alpha value is -1.39. The Morgan fingerprint density at radius 2 is 1.74 bits per heavy atom. The highest BCUT2D eigenvalue weighted by Gasteiger charge is 2.10. The summed E-state index contributed by atoms with van der Waals surface area (Å²) in [4.78, 5) is 8.84. The van der Waals surface area contributed by atoms with Gasteiger partial charge in [-0.1, -0.05) is 36.0 Å². The van der Waals surface area contributed by atoms with Crippen molar-refractivity contribution in [3.05, 3.63) is 52.8 Å². The monoisotopic (exact) mass is 273 g/mol. The highest BCUT2D eigenvalue weighted by atomic mass is 32.2. The molecule has 2 rings (SSSR count). The first-order valence-corrected chi connectivity index (χ1v) is 7.31. The molecule has 0 aliphatic rings. The molecule has 0 aliphatic heterocycles. The lowest BCUT2D eigenvalue weighted by atomic mass is 10.0. The molecule has 3 nitrogen and oxygen atoms in total. The number of nitrogens with two attached hydrogens (primary N) is 1. The summed E-state index contributed by atoms with van der Waals surface area (Å²) in [6, 6.07) is 10.2. The number of hydrogen-bond acceptors (Lipinski definition) is 4. The van der Waals surface area contributed by atoms with Crippen LogP contribution in [0.15, 0.2) is 35.5 Å². The van der Waals surface area contributed by atoms with Crippen LogP contribution in [0.5, 0.6) is 0 Å². The van der Waals surface area contributed by atoms with E-state index < -0.39 is 0 Å². The lowest BCUT2D eigenvalue weighted by molar-refractivity contribution is 0.815. The van der Waals surface area contributed by atoms with E-state index in [1.807, 2.05) is 32.0 Å². The van der Waals surface area contributed by atoms with Crippen molar-refractivity contribution in [2.75, 3.05) is 5.75 Å². The van der Waals surface area contributed by atoms with Gasteiger partial charge in [0.25, 0.3) is 0 Å². The van der Waals surface area contributed by atoms with E-state index in [0.29, 0.717) is 0 Å². The standard InChI is InChI=1S/C15H19N3S/c1-10-6-4-5-7-13(10)14(16)9-19-15-17-11(2)8-12(3)18-15/h4-8,14H,9,16H2,1-3H3. The third-order valence-electron chi connectivity index (χ3n) is 2.94. The number of thioether (sulfide) groups is 1. The second-order valence-electron chi connectivity index (χ2n) is 4.71. The highest BCUT2D eigenvalue weighted by Crippen LogP contribution is 2.23. The van der Waals surface area contributed by atoms with Gasteiger partial charge in [0.1, 0.15) is 0 Å². The molecule has 1 atom stereocenters. The average molecular weight is 273 g/mol. The maximum absolute atomic E-state index is 6.24. The Kier molecular flexibility index (Phi) is 4.56. The van der Waals surface area contributed by atoms with Crippen molar-refractivity contribution < 1.29 is 0 Å². The van der Waals surface area contributed by atoms with Crippen molar-refractivity contribution >= 4 is 11.8 Å². The Labute approximate surface area is 118 Å². The molecule has 0 fully saturated rings. The van der Waals surface area contributed by atoms with E-state index in [1.54, 1.807) is 11.8 Å². The molecule has 0 saturated heterocycles. The summed E-state index contributed by atoms with van der Waals surface area (Å²) in [6.45, 7) is 6.06. The van der Waals surface area contributed by atoms with Crippen molar-refractivity contribution in [1.82, 2.24) is 9.97 Å². The molecule has 0 spiro atoms. The molecule has 19 heavy (non-hydrogen) atoms. The minimum Gasteiger partial charge on any atom is -0.323 e. The van der Waals surface area contributed by atoms with Gasteiger partial charge in [-0.15, -0.1) is 0 Å². The van der Waals surface area contributed by atoms with E-state index in [1.165, 1.54) is 11.1 Å². The van der Waals surface area contributed by atoms with Crippen LogP contribution in [0.4, 0.5) is 0 Å². The van der Waals surface area contributed by atoms with Gasteiger partial charge in [-0.2, -0.15) is 0 Å². The zero-order chi connectivity index (χ0) is 13.8. The van der Waals surface area contributed by atoms with Crippen LogP contribution in [0.25, 0.3) is 0 Å². The van der Waals surface area contributed by atoms with E-state index in [2.05, 4.69) is 29.0 Å². The molecule has 0 bridgehead atoms. The molecule has 2 aromatic rings. The Morgan fingerprint density at radius 1 is 1.11 bits per heavy atom. The van der Waals surface area contributed by atoms with E-state index in [4.69, 9.17) is 5.73 Å². The van der Waals surface area contributed by atoms with E-state index in [0.717, 1.165) is 22.3 Å². The van der Waals surface area contributed by atoms with Gasteiger partial charge in [-0.3, -0.25) is 0 Å². The first-order valence-electron chi connectivity index (χ1n) is 6.32. The second kappa shape index (κ2) is 6.17. The minimum absolute atomic E-state index is 0.00983. The highest BCUT2D eigenvalue weighted by molar-refractivity contribution is 7.99. The number of rotatable bonds is 4. The second-order valence-corrected chi connectivity index (χ2v) is 5.69. The summed E-state index contributed by atoms with van der Waals surface area (Å²) in [6.07, 6.45) is 0. The molecule has 0 amide bonds. The maximum atomic E-state index is 6.24. The Bertz CT molecular complexity index is 549. The predicted octanol–water partition coefficient (Wildman–Crippen LogP) is 3.19. The molecule has 0 aliphatic carbocycles. The normalized spacial score (nSPS) is 12.4. The quantitative estimate of drug-likeness (QED) is 0.686. The van der Waals surface area contributed by atoms with Crippen LogP contribution in [-0.2, 0) is 0 Å². The van der Waals surface area contributed by atoms with Crippen LogP contribution >= 0.6 is 11.8 Å². The number of hydrogen-bond donors (Lipinski definition) is 1. The smallest absolute Gasteiger partial charge is 0.188 e. The van der Waals surface area contributed by atoms with Crippen molar-refractivity contribution in [3.63, 3.8) is 0 Å². The zero-order valence-corrected chi connectivity index (χ0v) is 12.4. The van der Waals surface area contributed by atoms with Crippen LogP contribution in [0, 0.1) is 20.8 Å². The fourth-order valence-electron chi connectivity index (χ4n) is 2.02. The largest absolute Gasteiger partial charge is 0.323 e. The van der Waals surface area contributed by atoms with E-state index in [-0.39, 0.29) is 6.04 Å². The van der Waals surface area contributed by atoms with Gasteiger partial charge in [0.05, 0.1) is 0 Å². The number of benzene rings is 1. The van der Waals surface area contributed by atoms with Gasteiger partial charge in [0.15, 0.2) is 5.16 Å². The fourth-order valence-corrected chi connectivity index (χ4v) is 2.94. The molecule has 1 aromatic heterocycles. The van der Waals surface area contributed by atoms with Gasteiger partial charge in [-0.05, 0) is 38.0 Å². The minimum atomic E-state index is 0.00983. The molecule has 100 valence electrons. The van der Waals surface area contributed by atoms with Gasteiger partial charge in [-0.25, -0.2) is 9.97 Å². The molecular formula is C15H19N3S. The summed E-state index contributed by atoms with van der Waals surface area (Å²) in [5.74, 6) is 0.785. The van der Waals surface area contributed by atoms with Crippen molar-refractivity contribution in [1.29, 1.82) is 0 Å². The molecule has 2 N–H and O–H groups in total. The topological polar surface area (TPSA) is 51.8 Å². The van der Waals surface area contributed by atoms with Crippen LogP contribution in [0.3, 0.4) is 0 Å². The first kappa shape index (κ1) is 14.0. The molecule has 4 heteroatoms. The van der Waals surface area contributed by atoms with Crippen LogP contribution in [0.2, 0.25) is 0 Å². The predicted molar refractivity (Wildman–Crippen MR) is 80.3 cm³/mol. The van der Waals surface area contributed by atoms with Crippen LogP contribution in [-0.4, -0.2) is 15.7 Å². The van der Waals surface area contributed by atoms with Crippen LogP contribution < -0.4 is 5.73 Å². The Balaban J connectivity index is 2.04. The van der Waals surface area contributed by atoms with Crippen molar-refractivity contribution in [2.24, 2.45) is 5.73 Å². The fraction of sp³-hybridized carbons (Fsp3) is 0.333. The molecule has 1 unspecified atom stereocenters. The first-order chi connectivity index (χ1) is 9.06. The molecule has 1 heterocycles. The van der Waals surface area contributed by atoms with Gasteiger partial charge in [0, 0.05) is 23.2 Å². The van der Waals surface area contributed by atoms with Crippen molar-refractivity contribution in [2.45, 2.75) is 32.0 Å². The summed E-state index contributed by atoms with van der Waals surface area (Å²) >= 11 is 1.61. The summed E-state index contributed by atoms with van der Waals surface area (Å²) in [5, 5.41) is 0.807. The van der Waals surface area contributed by atoms with E-state index >= 15 is 0 Å². The lowest BCUT2D eigenvalue weighted by Crippen LogP contribution is -2.14. The summed E-state index contributed by atoms with van der Waals surface area (Å²) in [7, 11) is 0. The molecule has 0 saturated carbocycles. The SMILES string of the molecule is Cc1cc(C)nc(SCC(N)c2ccccc2C)n1. The third-order valence-corrected chi connectivity index (χ3v) is 3.91. The summed E-state index contributed by atoms with van der Waals surface area (Å²) < 4.78 is 0. The van der Waals surface area contributed by atoms with Gasteiger partial charge >= 0.3 is 0 Å². The van der Waals surface area contributed by atoms with Crippen molar-refractivity contribution in [3.8, 4) is 0 Å². The number of nitrogens with zero attached hydrogens (tertiary/aromatic N) is 2. The van der Waals surface area contributed by atoms with E-state index in [9.17, 15) is 0 Å². The number of aryl methyl sites for hydroxylation is 3. The van der Waals surface area contributed by atoms with Gasteiger partial charge in [0.2, 0.25) is 0 Å². The van der Waals surface area contributed by atoms with Crippen LogP contribution in [0.1, 0.15) is 28.6 Å². The molecule has 0 radical (unpaired) electrons. The lowest BCUT2D eigenvalue weighted by Gasteiger charge is -2.13. The third kappa shape index (κ3) is 3.78. The summed E-state index contributed by atoms with van der Waals surface area (Å²) in [5.41, 5.74) is 10.7. The molecular weight excluding hydrogens is 254 g/mol. The average Bonchev–Trinajstić information content (AvgIpc) is 2.35. The Morgan fingerprint density at radius 3 is 2.37 bits per heavy atom. The van der Waals surface area contributed by atoms with Gasteiger partial charge < -0.3 is 5.73 Å².